The number of rotatable bonds is 7. The first-order valence-corrected chi connectivity index (χ1v) is 14.5. The lowest BCUT2D eigenvalue weighted by atomic mass is 10.1. The van der Waals surface area contributed by atoms with Crippen LogP contribution < -0.4 is 15.1 Å². The Hall–Kier alpha value is -4.60. The highest BCUT2D eigenvalue weighted by Crippen LogP contribution is 2.43. The summed E-state index contributed by atoms with van der Waals surface area (Å²) in [5, 5.41) is 14.4. The molecule has 0 fully saturated rings. The summed E-state index contributed by atoms with van der Waals surface area (Å²) >= 11 is 1.38. The number of para-hydroxylation sites is 2. The summed E-state index contributed by atoms with van der Waals surface area (Å²) in [6, 6.07) is 24.1. The minimum absolute atomic E-state index is 0.196. The van der Waals surface area contributed by atoms with Crippen LogP contribution in [0.1, 0.15) is 38.3 Å². The Morgan fingerprint density at radius 1 is 1.12 bits per heavy atom. The lowest BCUT2D eigenvalue weighted by molar-refractivity contribution is 0.103. The number of carbonyl (C=O) groups is 1. The molecule has 0 aliphatic carbocycles. The average molecular weight is 580 g/mol. The second-order valence-electron chi connectivity index (χ2n) is 10.3. The first kappa shape index (κ1) is 27.6. The number of hydrogen-bond acceptors (Lipinski definition) is 7. The van der Waals surface area contributed by atoms with Crippen molar-refractivity contribution in [3.63, 3.8) is 0 Å². The van der Waals surface area contributed by atoms with Gasteiger partial charge in [0.25, 0.3) is 5.91 Å². The molecule has 9 heteroatoms. The summed E-state index contributed by atoms with van der Waals surface area (Å²) < 4.78 is 14.4. The molecule has 3 aromatic heterocycles. The lowest BCUT2D eigenvalue weighted by Crippen LogP contribution is -2.31. The maximum absolute atomic E-state index is 14.4. The number of halogens is 1. The van der Waals surface area contributed by atoms with E-state index in [1.807, 2.05) is 83.7 Å². The third kappa shape index (κ3) is 5.48. The van der Waals surface area contributed by atoms with Gasteiger partial charge in [0.05, 0.1) is 16.3 Å². The van der Waals surface area contributed by atoms with Gasteiger partial charge in [-0.3, -0.25) is 9.78 Å². The molecule has 6 rings (SSSR count). The summed E-state index contributed by atoms with van der Waals surface area (Å²) in [6.07, 6.45) is 3.22. The standard InChI is InChI=1S/C33H30FN5O2S/c1-21-8-5-11-25(34)30(21)37-32(40)28-18-23-15-17-39(27-13-4-3-10-24(27)31(23)42-28)33(41)26-12-6-14-29(36-26)38(2)20-22-9-7-16-35-19-22/h3-14,16,18-19,33,41H,15,17,20H2,1-2H3,(H,37,40). The molecule has 7 nitrogen and oxygen atoms in total. The molecular weight excluding hydrogens is 549 g/mol. The van der Waals surface area contributed by atoms with Crippen molar-refractivity contribution in [2.45, 2.75) is 26.1 Å². The molecular formula is C33H30FN5O2S. The van der Waals surface area contributed by atoms with Gasteiger partial charge in [-0.25, -0.2) is 9.37 Å². The number of benzene rings is 2. The van der Waals surface area contributed by atoms with E-state index in [9.17, 15) is 14.3 Å². The number of thiophene rings is 1. The van der Waals surface area contributed by atoms with Gasteiger partial charge in [-0.15, -0.1) is 11.3 Å². The number of anilines is 3. The van der Waals surface area contributed by atoms with Crippen molar-refractivity contribution in [2.24, 2.45) is 0 Å². The predicted octanol–water partition coefficient (Wildman–Crippen LogP) is 6.59. The van der Waals surface area contributed by atoms with Gasteiger partial charge in [0.15, 0.2) is 6.23 Å². The number of aryl methyl sites for hydroxylation is 1. The highest BCUT2D eigenvalue weighted by molar-refractivity contribution is 7.17. The minimum Gasteiger partial charge on any atom is -0.368 e. The molecule has 1 unspecified atom stereocenters. The molecule has 4 heterocycles. The normalized spacial score (nSPS) is 13.1. The van der Waals surface area contributed by atoms with Gasteiger partial charge in [-0.2, -0.15) is 0 Å². The van der Waals surface area contributed by atoms with Crippen molar-refractivity contribution in [2.75, 3.05) is 28.7 Å². The van der Waals surface area contributed by atoms with E-state index >= 15 is 0 Å². The topological polar surface area (TPSA) is 81.6 Å². The maximum atomic E-state index is 14.4. The molecule has 0 saturated carbocycles. The SMILES string of the molecule is Cc1cccc(F)c1NC(=O)c1cc2c(s1)-c1ccccc1N(C(O)c1cccc(N(C)Cc3cccnc3)n1)CC2. The largest absolute Gasteiger partial charge is 0.368 e. The summed E-state index contributed by atoms with van der Waals surface area (Å²) in [6.45, 7) is 2.92. The summed E-state index contributed by atoms with van der Waals surface area (Å²) in [5.41, 5.74) is 5.27. The monoisotopic (exact) mass is 579 g/mol. The maximum Gasteiger partial charge on any atom is 0.265 e. The zero-order valence-corrected chi connectivity index (χ0v) is 24.1. The second-order valence-corrected chi connectivity index (χ2v) is 11.4. The predicted molar refractivity (Wildman–Crippen MR) is 165 cm³/mol. The fraction of sp³-hybridized carbons (Fsp3) is 0.182. The molecule has 0 radical (unpaired) electrons. The van der Waals surface area contributed by atoms with Crippen molar-refractivity contribution >= 4 is 34.4 Å². The number of carbonyl (C=O) groups excluding carboxylic acids is 1. The van der Waals surface area contributed by atoms with Gasteiger partial charge in [-0.1, -0.05) is 42.5 Å². The fourth-order valence-electron chi connectivity index (χ4n) is 5.25. The molecule has 0 saturated heterocycles. The number of fused-ring (bicyclic) bond motifs is 3. The van der Waals surface area contributed by atoms with Crippen LogP contribution in [0, 0.1) is 12.7 Å². The van der Waals surface area contributed by atoms with Gasteiger partial charge in [0.2, 0.25) is 0 Å². The fourth-order valence-corrected chi connectivity index (χ4v) is 6.39. The van der Waals surface area contributed by atoms with Crippen LogP contribution in [0.3, 0.4) is 0 Å². The summed E-state index contributed by atoms with van der Waals surface area (Å²) in [4.78, 5) is 27.6. The zero-order chi connectivity index (χ0) is 29.2. The number of aromatic nitrogens is 2. The van der Waals surface area contributed by atoms with E-state index in [1.54, 1.807) is 25.3 Å². The van der Waals surface area contributed by atoms with Crippen molar-refractivity contribution in [1.82, 2.24) is 9.97 Å². The van der Waals surface area contributed by atoms with Gasteiger partial charge in [-0.05, 0) is 66.4 Å². The number of nitrogens with one attached hydrogen (secondary N) is 1. The number of hydrogen-bond donors (Lipinski definition) is 2. The van der Waals surface area contributed by atoms with Crippen LogP contribution >= 0.6 is 11.3 Å². The van der Waals surface area contributed by atoms with Crippen LogP contribution in [0.5, 0.6) is 0 Å². The van der Waals surface area contributed by atoms with Gasteiger partial charge >= 0.3 is 0 Å². The average Bonchev–Trinajstić information content (AvgIpc) is 3.37. The quantitative estimate of drug-likeness (QED) is 0.226. The number of pyridine rings is 2. The Morgan fingerprint density at radius 2 is 1.95 bits per heavy atom. The molecule has 1 aliphatic rings. The van der Waals surface area contributed by atoms with Crippen LogP contribution in [-0.2, 0) is 13.0 Å². The molecule has 5 aromatic rings. The molecule has 1 aliphatic heterocycles. The van der Waals surface area contributed by atoms with Gasteiger partial charge in [0, 0.05) is 48.7 Å². The van der Waals surface area contributed by atoms with Crippen molar-refractivity contribution < 1.29 is 14.3 Å². The Balaban J connectivity index is 1.26. The smallest absolute Gasteiger partial charge is 0.265 e. The second kappa shape index (κ2) is 11.7. The molecule has 2 N–H and O–H groups in total. The minimum atomic E-state index is -0.973. The Morgan fingerprint density at radius 3 is 2.76 bits per heavy atom. The summed E-state index contributed by atoms with van der Waals surface area (Å²) in [5.74, 6) is -0.0529. The number of amides is 1. The summed E-state index contributed by atoms with van der Waals surface area (Å²) in [7, 11) is 1.96. The van der Waals surface area contributed by atoms with E-state index in [1.165, 1.54) is 17.4 Å². The molecule has 1 atom stereocenters. The molecule has 0 bridgehead atoms. The van der Waals surface area contributed by atoms with E-state index in [-0.39, 0.29) is 11.6 Å². The molecule has 1 amide bonds. The Labute approximate surface area is 247 Å². The van der Waals surface area contributed by atoms with Crippen LogP contribution in [-0.4, -0.2) is 34.6 Å². The first-order chi connectivity index (χ1) is 20.4. The number of nitrogens with zero attached hydrogens (tertiary/aromatic N) is 4. The van der Waals surface area contributed by atoms with Crippen molar-refractivity contribution in [3.8, 4) is 10.4 Å². The van der Waals surface area contributed by atoms with E-state index in [2.05, 4.69) is 10.3 Å². The molecule has 0 spiro atoms. The van der Waals surface area contributed by atoms with Crippen LogP contribution in [0.4, 0.5) is 21.6 Å². The zero-order valence-electron chi connectivity index (χ0n) is 23.3. The number of aliphatic hydroxyl groups is 1. The lowest BCUT2D eigenvalue weighted by Gasteiger charge is -2.30. The first-order valence-electron chi connectivity index (χ1n) is 13.7. The van der Waals surface area contributed by atoms with E-state index in [4.69, 9.17) is 4.98 Å². The van der Waals surface area contributed by atoms with Crippen molar-refractivity contribution in [1.29, 1.82) is 0 Å². The molecule has 42 heavy (non-hydrogen) atoms. The van der Waals surface area contributed by atoms with Crippen molar-refractivity contribution in [3.05, 3.63) is 124 Å². The molecule has 212 valence electrons. The number of aliphatic hydroxyl groups excluding tert-OH is 1. The third-order valence-corrected chi connectivity index (χ3v) is 8.63. The molecule has 2 aromatic carbocycles. The van der Waals surface area contributed by atoms with Crippen LogP contribution in [0.2, 0.25) is 0 Å². The van der Waals surface area contributed by atoms with Gasteiger partial charge in [0.1, 0.15) is 11.6 Å². The highest BCUT2D eigenvalue weighted by atomic mass is 32.1. The Kier molecular flexibility index (Phi) is 7.69. The van der Waals surface area contributed by atoms with Crippen LogP contribution in [0.15, 0.2) is 91.3 Å². The Bertz CT molecular complexity index is 1720. The van der Waals surface area contributed by atoms with Crippen LogP contribution in [0.25, 0.3) is 10.4 Å². The van der Waals surface area contributed by atoms with Gasteiger partial charge < -0.3 is 20.2 Å². The van der Waals surface area contributed by atoms with E-state index < -0.39 is 12.0 Å². The van der Waals surface area contributed by atoms with E-state index in [0.717, 1.165) is 33.1 Å². The third-order valence-electron chi connectivity index (χ3n) is 7.42. The highest BCUT2D eigenvalue weighted by Gasteiger charge is 2.28. The van der Waals surface area contributed by atoms with E-state index in [0.29, 0.717) is 35.6 Å².